The van der Waals surface area contributed by atoms with Gasteiger partial charge in [0.25, 0.3) is 5.56 Å². The first kappa shape index (κ1) is 15.2. The van der Waals surface area contributed by atoms with E-state index >= 15 is 0 Å². The Kier molecular flexibility index (Phi) is 3.49. The van der Waals surface area contributed by atoms with Crippen LogP contribution in [0.2, 0.25) is 0 Å². The first-order chi connectivity index (χ1) is 12.8. The van der Waals surface area contributed by atoms with Gasteiger partial charge in [-0.2, -0.15) is 0 Å². The normalized spacial score (nSPS) is 15.7. The fourth-order valence-electron chi connectivity index (χ4n) is 2.97. The number of aromatic nitrogens is 2. The lowest BCUT2D eigenvalue weighted by Crippen LogP contribution is -2.42. The van der Waals surface area contributed by atoms with Crippen LogP contribution in [0.5, 0.6) is 11.5 Å². The lowest BCUT2D eigenvalue weighted by atomic mass is 10.2. The fourth-order valence-corrected chi connectivity index (χ4v) is 3.93. The van der Waals surface area contributed by atoms with Crippen LogP contribution in [-0.4, -0.2) is 23.0 Å². The molecule has 3 aromatic rings. The summed E-state index contributed by atoms with van der Waals surface area (Å²) in [6.07, 6.45) is 5.30. The molecule has 0 amide bonds. The zero-order valence-electron chi connectivity index (χ0n) is 13.7. The average Bonchev–Trinajstić information content (AvgIpc) is 3.27. The van der Waals surface area contributed by atoms with E-state index in [9.17, 15) is 4.79 Å². The quantitative estimate of drug-likeness (QED) is 0.675. The highest BCUT2D eigenvalue weighted by atomic mass is 32.1. The monoisotopic (exact) mass is 366 g/mol. The zero-order valence-corrected chi connectivity index (χ0v) is 14.5. The smallest absolute Gasteiger partial charge is 0.271 e. The van der Waals surface area contributed by atoms with E-state index in [-0.39, 0.29) is 12.4 Å². The second-order valence-corrected chi connectivity index (χ2v) is 6.93. The number of hydrogen-bond acceptors (Lipinski definition) is 7. The predicted molar refractivity (Wildman–Crippen MR) is 97.1 cm³/mol. The lowest BCUT2D eigenvalue weighted by Gasteiger charge is -2.25. The second kappa shape index (κ2) is 5.99. The molecule has 2 aromatic heterocycles. The Balaban J connectivity index is 1.50. The van der Waals surface area contributed by atoms with Crippen molar-refractivity contribution >= 4 is 23.1 Å². The first-order valence-corrected chi connectivity index (χ1v) is 8.90. The third-order valence-corrected chi connectivity index (χ3v) is 5.35. The van der Waals surface area contributed by atoms with Crippen molar-refractivity contribution in [3.05, 3.63) is 68.0 Å². The molecule has 0 N–H and O–H groups in total. The Morgan fingerprint density at radius 2 is 1.96 bits per heavy atom. The molecule has 0 unspecified atom stereocenters. The number of fused-ring (bicyclic) bond motifs is 2. The molecule has 5 rings (SSSR count). The molecule has 0 fully saturated rings. The Labute approximate surface area is 152 Å². The Bertz CT molecular complexity index is 1150. The zero-order chi connectivity index (χ0) is 17.5. The maximum absolute atomic E-state index is 12.8. The molecule has 7 nitrogen and oxygen atoms in total. The minimum Gasteiger partial charge on any atom is -0.454 e. The van der Waals surface area contributed by atoms with Crippen molar-refractivity contribution < 1.29 is 9.47 Å². The molecule has 0 bridgehead atoms. The van der Waals surface area contributed by atoms with Crippen LogP contribution >= 0.6 is 11.3 Å². The van der Waals surface area contributed by atoms with E-state index in [1.54, 1.807) is 17.0 Å². The van der Waals surface area contributed by atoms with Crippen LogP contribution in [0.4, 0.5) is 5.69 Å². The molecule has 0 saturated carbocycles. The van der Waals surface area contributed by atoms with Crippen LogP contribution in [-0.2, 0) is 6.67 Å². The van der Waals surface area contributed by atoms with Gasteiger partial charge in [-0.05, 0) is 35.9 Å². The predicted octanol–water partition coefficient (Wildman–Crippen LogP) is 0.917. The number of benzene rings is 1. The number of thiazole rings is 1. The standard InChI is InChI=1S/C18H14N4O3S/c23-17-16(7-12-3-5-19-6-4-12)26-18-20-9-21(10-22(17)18)13-1-2-14-15(8-13)25-11-24-14/h1-8H,9-11H2. The van der Waals surface area contributed by atoms with Crippen molar-refractivity contribution in [2.24, 2.45) is 4.99 Å². The minimum atomic E-state index is -0.0315. The lowest BCUT2D eigenvalue weighted by molar-refractivity contribution is 0.174. The number of pyridine rings is 1. The molecule has 2 aliphatic rings. The highest BCUT2D eigenvalue weighted by Crippen LogP contribution is 2.35. The van der Waals surface area contributed by atoms with Crippen LogP contribution in [0.1, 0.15) is 5.56 Å². The van der Waals surface area contributed by atoms with Crippen molar-refractivity contribution in [2.75, 3.05) is 18.4 Å². The van der Waals surface area contributed by atoms with Gasteiger partial charge in [0.1, 0.15) is 13.3 Å². The van der Waals surface area contributed by atoms with Crippen molar-refractivity contribution in [1.82, 2.24) is 9.55 Å². The number of hydrogen-bond donors (Lipinski definition) is 0. The Morgan fingerprint density at radius 1 is 1.12 bits per heavy atom. The van der Waals surface area contributed by atoms with Gasteiger partial charge in [-0.1, -0.05) is 11.3 Å². The van der Waals surface area contributed by atoms with Crippen LogP contribution in [0.3, 0.4) is 0 Å². The SMILES string of the molecule is O=c1c(=Cc2ccncc2)sc2n1CN(c1ccc3c(c1)OCO3)CN=2. The van der Waals surface area contributed by atoms with E-state index in [0.29, 0.717) is 17.9 Å². The number of anilines is 1. The summed E-state index contributed by atoms with van der Waals surface area (Å²) in [4.78, 5) is 24.1. The van der Waals surface area contributed by atoms with E-state index in [0.717, 1.165) is 27.6 Å². The molecule has 130 valence electrons. The van der Waals surface area contributed by atoms with Gasteiger partial charge in [0.15, 0.2) is 16.3 Å². The van der Waals surface area contributed by atoms with Gasteiger partial charge in [-0.3, -0.25) is 14.3 Å². The van der Waals surface area contributed by atoms with Gasteiger partial charge in [0, 0.05) is 24.1 Å². The molecule has 8 heteroatoms. The third kappa shape index (κ3) is 2.55. The van der Waals surface area contributed by atoms with Gasteiger partial charge in [0.2, 0.25) is 6.79 Å². The summed E-state index contributed by atoms with van der Waals surface area (Å²) in [5.41, 5.74) is 1.86. The van der Waals surface area contributed by atoms with Gasteiger partial charge < -0.3 is 14.4 Å². The van der Waals surface area contributed by atoms with E-state index in [1.807, 2.05) is 41.3 Å². The van der Waals surface area contributed by atoms with E-state index in [4.69, 9.17) is 9.47 Å². The average molecular weight is 366 g/mol. The largest absolute Gasteiger partial charge is 0.454 e. The molecule has 1 aromatic carbocycles. The summed E-state index contributed by atoms with van der Waals surface area (Å²) >= 11 is 1.41. The molecule has 26 heavy (non-hydrogen) atoms. The molecule has 0 radical (unpaired) electrons. The highest BCUT2D eigenvalue weighted by Gasteiger charge is 2.19. The fraction of sp³-hybridized carbons (Fsp3) is 0.167. The molecule has 0 aliphatic carbocycles. The molecular weight excluding hydrogens is 352 g/mol. The van der Waals surface area contributed by atoms with Crippen LogP contribution in [0.25, 0.3) is 6.08 Å². The molecule has 0 saturated heterocycles. The topological polar surface area (TPSA) is 69.0 Å². The second-order valence-electron chi connectivity index (χ2n) is 5.93. The Morgan fingerprint density at radius 3 is 2.85 bits per heavy atom. The molecule has 0 spiro atoms. The van der Waals surface area contributed by atoms with Crippen LogP contribution in [0, 0.1) is 0 Å². The highest BCUT2D eigenvalue weighted by molar-refractivity contribution is 7.07. The van der Waals surface area contributed by atoms with Crippen molar-refractivity contribution in [2.45, 2.75) is 6.67 Å². The van der Waals surface area contributed by atoms with Gasteiger partial charge in [0.05, 0.1) is 4.53 Å². The summed E-state index contributed by atoms with van der Waals surface area (Å²) in [7, 11) is 0. The van der Waals surface area contributed by atoms with Crippen LogP contribution < -0.4 is 29.3 Å². The van der Waals surface area contributed by atoms with Crippen LogP contribution in [0.15, 0.2) is 52.5 Å². The first-order valence-electron chi connectivity index (χ1n) is 8.08. The summed E-state index contributed by atoms with van der Waals surface area (Å²) in [6.45, 7) is 1.19. The molecular formula is C18H14N4O3S. The number of ether oxygens (including phenoxy) is 2. The van der Waals surface area contributed by atoms with Gasteiger partial charge >= 0.3 is 0 Å². The van der Waals surface area contributed by atoms with Crippen molar-refractivity contribution in [3.63, 3.8) is 0 Å². The van der Waals surface area contributed by atoms with E-state index in [2.05, 4.69) is 9.98 Å². The van der Waals surface area contributed by atoms with Crippen molar-refractivity contribution in [1.29, 1.82) is 0 Å². The summed E-state index contributed by atoms with van der Waals surface area (Å²) in [5.74, 6) is 1.46. The minimum absolute atomic E-state index is 0.0315. The van der Waals surface area contributed by atoms with Gasteiger partial charge in [-0.15, -0.1) is 0 Å². The van der Waals surface area contributed by atoms with Gasteiger partial charge in [-0.25, -0.2) is 4.99 Å². The Hall–Kier alpha value is -3.13. The molecule has 0 atom stereocenters. The summed E-state index contributed by atoms with van der Waals surface area (Å²) < 4.78 is 13.2. The maximum Gasteiger partial charge on any atom is 0.271 e. The maximum atomic E-state index is 12.8. The van der Waals surface area contributed by atoms with Crippen molar-refractivity contribution in [3.8, 4) is 11.5 Å². The third-order valence-electron chi connectivity index (χ3n) is 4.30. The van der Waals surface area contributed by atoms with E-state index < -0.39 is 0 Å². The number of nitrogens with zero attached hydrogens (tertiary/aromatic N) is 4. The molecule has 2 aliphatic heterocycles. The molecule has 4 heterocycles. The summed E-state index contributed by atoms with van der Waals surface area (Å²) in [6, 6.07) is 9.50. The van der Waals surface area contributed by atoms with E-state index in [1.165, 1.54) is 11.3 Å². The summed E-state index contributed by atoms with van der Waals surface area (Å²) in [5, 5.41) is 0. The number of rotatable bonds is 2.